The lowest BCUT2D eigenvalue weighted by Crippen LogP contribution is -2.08. The molecule has 0 amide bonds. The molecule has 2 N–H and O–H groups in total. The second-order valence-corrected chi connectivity index (χ2v) is 3.84. The van der Waals surface area contributed by atoms with Gasteiger partial charge >= 0.3 is 0 Å². The van der Waals surface area contributed by atoms with Gasteiger partial charge in [-0.25, -0.2) is 0 Å². The second kappa shape index (κ2) is 3.31. The van der Waals surface area contributed by atoms with E-state index in [-0.39, 0.29) is 12.8 Å². The summed E-state index contributed by atoms with van der Waals surface area (Å²) in [5, 5.41) is 0. The maximum absolute atomic E-state index is 6.06. The first kappa shape index (κ1) is 8.85. The number of benzene rings is 1. The summed E-state index contributed by atoms with van der Waals surface area (Å²) < 4.78 is 16.2. The van der Waals surface area contributed by atoms with E-state index >= 15 is 0 Å². The summed E-state index contributed by atoms with van der Waals surface area (Å²) in [6, 6.07) is 3.85. The molecule has 0 bridgehead atoms. The maximum atomic E-state index is 6.06. The van der Waals surface area contributed by atoms with Crippen molar-refractivity contribution in [2.45, 2.75) is 18.9 Å². The topological polar surface area (TPSA) is 53.7 Å². The highest BCUT2D eigenvalue weighted by Crippen LogP contribution is 2.41. The largest absolute Gasteiger partial charge is 0.493 e. The van der Waals surface area contributed by atoms with Gasteiger partial charge in [0.1, 0.15) is 5.75 Å². The molecule has 1 aromatic carbocycles. The van der Waals surface area contributed by atoms with E-state index in [0.717, 1.165) is 42.3 Å². The number of nitrogens with two attached hydrogens (primary N) is 1. The lowest BCUT2D eigenvalue weighted by molar-refractivity contribution is 0.173. The second-order valence-electron chi connectivity index (χ2n) is 3.84. The van der Waals surface area contributed by atoms with Crippen molar-refractivity contribution >= 4 is 0 Å². The monoisotopic (exact) mass is 207 g/mol. The Kier molecular flexibility index (Phi) is 1.95. The van der Waals surface area contributed by atoms with Gasteiger partial charge in [0.25, 0.3) is 0 Å². The van der Waals surface area contributed by atoms with Crippen molar-refractivity contribution in [2.24, 2.45) is 5.73 Å². The Morgan fingerprint density at radius 2 is 1.87 bits per heavy atom. The Morgan fingerprint density at radius 3 is 2.73 bits per heavy atom. The zero-order chi connectivity index (χ0) is 10.3. The standard InChI is InChI=1S/C11H13NO3/c12-8-2-1-3-13-9-5-11-10(4-7(8)9)14-6-15-11/h4-5,8H,1-3,6,12H2/t8-/m1/s1. The van der Waals surface area contributed by atoms with Crippen molar-refractivity contribution < 1.29 is 14.2 Å². The minimum atomic E-state index is 0.0389. The van der Waals surface area contributed by atoms with E-state index in [0.29, 0.717) is 0 Å². The van der Waals surface area contributed by atoms with Crippen molar-refractivity contribution in [2.75, 3.05) is 13.4 Å². The molecule has 2 heterocycles. The third-order valence-corrected chi connectivity index (χ3v) is 2.82. The van der Waals surface area contributed by atoms with Crippen LogP contribution in [0.1, 0.15) is 24.4 Å². The molecular formula is C11H13NO3. The Bertz CT molecular complexity index is 392. The van der Waals surface area contributed by atoms with Gasteiger partial charge in [0.05, 0.1) is 6.61 Å². The van der Waals surface area contributed by atoms with E-state index in [1.54, 1.807) is 0 Å². The Balaban J connectivity index is 2.09. The van der Waals surface area contributed by atoms with E-state index < -0.39 is 0 Å². The zero-order valence-corrected chi connectivity index (χ0v) is 8.36. The predicted octanol–water partition coefficient (Wildman–Crippen LogP) is 1.59. The number of fused-ring (bicyclic) bond motifs is 2. The quantitative estimate of drug-likeness (QED) is 0.701. The average molecular weight is 207 g/mol. The molecule has 2 aliphatic rings. The minimum absolute atomic E-state index is 0.0389. The van der Waals surface area contributed by atoms with Crippen LogP contribution < -0.4 is 19.9 Å². The van der Waals surface area contributed by atoms with Crippen LogP contribution in [0.15, 0.2) is 12.1 Å². The van der Waals surface area contributed by atoms with E-state index in [1.165, 1.54) is 0 Å². The first-order chi connectivity index (χ1) is 7.34. The van der Waals surface area contributed by atoms with Gasteiger partial charge < -0.3 is 19.9 Å². The summed E-state index contributed by atoms with van der Waals surface area (Å²) in [6.07, 6.45) is 1.94. The molecule has 1 aromatic rings. The van der Waals surface area contributed by atoms with Gasteiger partial charge in [-0.05, 0) is 18.9 Å². The van der Waals surface area contributed by atoms with E-state index in [1.807, 2.05) is 12.1 Å². The first-order valence-corrected chi connectivity index (χ1v) is 5.16. The molecule has 0 aliphatic carbocycles. The number of rotatable bonds is 0. The summed E-state index contributed by atoms with van der Waals surface area (Å²) in [4.78, 5) is 0. The fourth-order valence-corrected chi connectivity index (χ4v) is 1.99. The molecule has 3 rings (SSSR count). The molecule has 0 saturated carbocycles. The first-order valence-electron chi connectivity index (χ1n) is 5.16. The van der Waals surface area contributed by atoms with Gasteiger partial charge in [-0.15, -0.1) is 0 Å². The molecular weight excluding hydrogens is 194 g/mol. The molecule has 2 aliphatic heterocycles. The average Bonchev–Trinajstić information content (AvgIpc) is 2.62. The van der Waals surface area contributed by atoms with Crippen LogP contribution in [-0.4, -0.2) is 13.4 Å². The Labute approximate surface area is 87.9 Å². The zero-order valence-electron chi connectivity index (χ0n) is 8.36. The van der Waals surface area contributed by atoms with Crippen LogP contribution in [0.25, 0.3) is 0 Å². The van der Waals surface area contributed by atoms with Gasteiger partial charge in [-0.3, -0.25) is 0 Å². The Morgan fingerprint density at radius 1 is 1.07 bits per heavy atom. The molecule has 0 aromatic heterocycles. The molecule has 0 radical (unpaired) electrons. The highest BCUT2D eigenvalue weighted by molar-refractivity contribution is 5.53. The van der Waals surface area contributed by atoms with Gasteiger partial charge in [0.15, 0.2) is 11.5 Å². The van der Waals surface area contributed by atoms with Crippen molar-refractivity contribution in [1.82, 2.24) is 0 Å². The molecule has 0 fully saturated rings. The fraction of sp³-hybridized carbons (Fsp3) is 0.455. The SMILES string of the molecule is N[C@@H]1CCCOc2cc3c(cc21)OCO3. The van der Waals surface area contributed by atoms with Crippen molar-refractivity contribution in [3.8, 4) is 17.2 Å². The molecule has 0 saturated heterocycles. The lowest BCUT2D eigenvalue weighted by atomic mass is 10.0. The smallest absolute Gasteiger partial charge is 0.231 e. The summed E-state index contributed by atoms with van der Waals surface area (Å²) in [7, 11) is 0. The van der Waals surface area contributed by atoms with Gasteiger partial charge in [0.2, 0.25) is 6.79 Å². The third kappa shape index (κ3) is 1.41. The van der Waals surface area contributed by atoms with Crippen LogP contribution in [0.3, 0.4) is 0 Å². The van der Waals surface area contributed by atoms with Gasteiger partial charge in [-0.2, -0.15) is 0 Å². The van der Waals surface area contributed by atoms with Crippen LogP contribution in [0.4, 0.5) is 0 Å². The van der Waals surface area contributed by atoms with Gasteiger partial charge in [0, 0.05) is 17.7 Å². The molecule has 4 heteroatoms. The summed E-state index contributed by atoms with van der Waals surface area (Å²) in [6.45, 7) is 1.01. The lowest BCUT2D eigenvalue weighted by Gasteiger charge is -2.12. The molecule has 0 spiro atoms. The van der Waals surface area contributed by atoms with Crippen LogP contribution in [0.2, 0.25) is 0 Å². The van der Waals surface area contributed by atoms with Crippen LogP contribution >= 0.6 is 0 Å². The van der Waals surface area contributed by atoms with Gasteiger partial charge in [-0.1, -0.05) is 0 Å². The third-order valence-electron chi connectivity index (χ3n) is 2.82. The van der Waals surface area contributed by atoms with Crippen LogP contribution in [-0.2, 0) is 0 Å². The summed E-state index contributed by atoms with van der Waals surface area (Å²) in [5.41, 5.74) is 7.09. The molecule has 0 unspecified atom stereocenters. The number of hydrogen-bond acceptors (Lipinski definition) is 4. The van der Waals surface area contributed by atoms with Crippen molar-refractivity contribution in [1.29, 1.82) is 0 Å². The maximum Gasteiger partial charge on any atom is 0.231 e. The van der Waals surface area contributed by atoms with Crippen molar-refractivity contribution in [3.05, 3.63) is 17.7 Å². The van der Waals surface area contributed by atoms with Crippen LogP contribution in [0, 0.1) is 0 Å². The normalized spacial score (nSPS) is 22.9. The highest BCUT2D eigenvalue weighted by atomic mass is 16.7. The Hall–Kier alpha value is -1.42. The number of ether oxygens (including phenoxy) is 3. The highest BCUT2D eigenvalue weighted by Gasteiger charge is 2.22. The van der Waals surface area contributed by atoms with E-state index in [9.17, 15) is 0 Å². The minimum Gasteiger partial charge on any atom is -0.493 e. The number of hydrogen-bond donors (Lipinski definition) is 1. The molecule has 1 atom stereocenters. The summed E-state index contributed by atoms with van der Waals surface area (Å²) in [5.74, 6) is 2.36. The van der Waals surface area contributed by atoms with E-state index in [4.69, 9.17) is 19.9 Å². The van der Waals surface area contributed by atoms with E-state index in [2.05, 4.69) is 0 Å². The molecule has 15 heavy (non-hydrogen) atoms. The molecule has 4 nitrogen and oxygen atoms in total. The molecule has 80 valence electrons. The summed E-state index contributed by atoms with van der Waals surface area (Å²) >= 11 is 0. The van der Waals surface area contributed by atoms with Crippen molar-refractivity contribution in [3.63, 3.8) is 0 Å². The fourth-order valence-electron chi connectivity index (χ4n) is 1.99. The predicted molar refractivity (Wildman–Crippen MR) is 54.2 cm³/mol. The van der Waals surface area contributed by atoms with Crippen LogP contribution in [0.5, 0.6) is 17.2 Å².